The largest absolute Gasteiger partial charge is 0.342 e. The molecule has 0 aromatic rings. The molecule has 1 heterocycles. The van der Waals surface area contributed by atoms with Gasteiger partial charge in [-0.3, -0.25) is 5.43 Å². The zero-order valence-electron chi connectivity index (χ0n) is 11.0. The third-order valence-electron chi connectivity index (χ3n) is 3.82. The van der Waals surface area contributed by atoms with Crippen LogP contribution in [0.25, 0.3) is 0 Å². The SMILES string of the molecule is CCCC1CCCN(C(=NC2CC2)NN)CC1. The highest BCUT2D eigenvalue weighted by Gasteiger charge is 2.24. The zero-order valence-corrected chi connectivity index (χ0v) is 11.0. The smallest absolute Gasteiger partial charge is 0.208 e. The van der Waals surface area contributed by atoms with E-state index in [1.165, 1.54) is 44.9 Å². The van der Waals surface area contributed by atoms with E-state index in [0.717, 1.165) is 25.0 Å². The number of aliphatic imine (C=N–C) groups is 1. The molecule has 0 amide bonds. The molecule has 0 spiro atoms. The lowest BCUT2D eigenvalue weighted by molar-refractivity contribution is 0.392. The van der Waals surface area contributed by atoms with Crippen molar-refractivity contribution in [2.24, 2.45) is 16.8 Å². The van der Waals surface area contributed by atoms with E-state index in [0.29, 0.717) is 6.04 Å². The van der Waals surface area contributed by atoms with Crippen molar-refractivity contribution in [3.8, 4) is 0 Å². The highest BCUT2D eigenvalue weighted by Crippen LogP contribution is 2.25. The first-order valence-corrected chi connectivity index (χ1v) is 7.12. The Bertz CT molecular complexity index is 260. The first-order valence-electron chi connectivity index (χ1n) is 7.12. The van der Waals surface area contributed by atoms with Crippen LogP contribution in [0.4, 0.5) is 0 Å². The van der Waals surface area contributed by atoms with Crippen molar-refractivity contribution in [2.75, 3.05) is 13.1 Å². The maximum absolute atomic E-state index is 5.60. The van der Waals surface area contributed by atoms with Crippen LogP contribution in [-0.4, -0.2) is 30.0 Å². The summed E-state index contributed by atoms with van der Waals surface area (Å²) in [5.74, 6) is 7.43. The summed E-state index contributed by atoms with van der Waals surface area (Å²) in [5, 5.41) is 0. The van der Waals surface area contributed by atoms with Gasteiger partial charge in [0.15, 0.2) is 0 Å². The van der Waals surface area contributed by atoms with Crippen molar-refractivity contribution >= 4 is 5.96 Å². The van der Waals surface area contributed by atoms with Crippen LogP contribution < -0.4 is 11.3 Å². The van der Waals surface area contributed by atoms with E-state index in [1.807, 2.05) is 0 Å². The molecule has 4 heteroatoms. The molecule has 1 aliphatic heterocycles. The van der Waals surface area contributed by atoms with Gasteiger partial charge in [0.1, 0.15) is 0 Å². The lowest BCUT2D eigenvalue weighted by Gasteiger charge is -2.23. The van der Waals surface area contributed by atoms with Gasteiger partial charge >= 0.3 is 0 Å². The van der Waals surface area contributed by atoms with E-state index in [4.69, 9.17) is 5.84 Å². The third kappa shape index (κ3) is 3.87. The minimum atomic E-state index is 0.538. The fourth-order valence-electron chi connectivity index (χ4n) is 2.66. The minimum Gasteiger partial charge on any atom is -0.342 e. The number of nitrogens with zero attached hydrogens (tertiary/aromatic N) is 2. The maximum atomic E-state index is 5.60. The molecular formula is C13H26N4. The highest BCUT2D eigenvalue weighted by molar-refractivity contribution is 5.79. The fraction of sp³-hybridized carbons (Fsp3) is 0.923. The molecule has 2 rings (SSSR count). The summed E-state index contributed by atoms with van der Waals surface area (Å²) in [4.78, 5) is 6.99. The highest BCUT2D eigenvalue weighted by atomic mass is 15.4. The number of guanidine groups is 1. The molecule has 0 radical (unpaired) electrons. The summed E-state index contributed by atoms with van der Waals surface area (Å²) in [5.41, 5.74) is 2.79. The minimum absolute atomic E-state index is 0.538. The second kappa shape index (κ2) is 6.24. The molecule has 2 aliphatic rings. The number of hydrogen-bond donors (Lipinski definition) is 2. The normalized spacial score (nSPS) is 26.8. The summed E-state index contributed by atoms with van der Waals surface area (Å²) >= 11 is 0. The molecular weight excluding hydrogens is 212 g/mol. The van der Waals surface area contributed by atoms with Crippen LogP contribution in [0, 0.1) is 5.92 Å². The van der Waals surface area contributed by atoms with Crippen LogP contribution in [0.1, 0.15) is 51.9 Å². The Labute approximate surface area is 105 Å². The van der Waals surface area contributed by atoms with Crippen LogP contribution in [0.3, 0.4) is 0 Å². The van der Waals surface area contributed by atoms with E-state index < -0.39 is 0 Å². The number of rotatable bonds is 3. The predicted molar refractivity (Wildman–Crippen MR) is 71.6 cm³/mol. The summed E-state index contributed by atoms with van der Waals surface area (Å²) in [6, 6.07) is 0.538. The Balaban J connectivity index is 1.87. The molecule has 98 valence electrons. The van der Waals surface area contributed by atoms with Gasteiger partial charge in [0.25, 0.3) is 0 Å². The van der Waals surface area contributed by atoms with Crippen LogP contribution in [0.5, 0.6) is 0 Å². The van der Waals surface area contributed by atoms with Gasteiger partial charge in [-0.1, -0.05) is 19.8 Å². The monoisotopic (exact) mass is 238 g/mol. The van der Waals surface area contributed by atoms with Gasteiger partial charge in [0.2, 0.25) is 5.96 Å². The Hall–Kier alpha value is -0.770. The Kier molecular flexibility index (Phi) is 4.66. The molecule has 1 unspecified atom stereocenters. The molecule has 1 saturated heterocycles. The van der Waals surface area contributed by atoms with E-state index in [1.54, 1.807) is 0 Å². The van der Waals surface area contributed by atoms with Gasteiger partial charge in [0, 0.05) is 13.1 Å². The number of hydrogen-bond acceptors (Lipinski definition) is 2. The van der Waals surface area contributed by atoms with Gasteiger partial charge in [-0.15, -0.1) is 0 Å². The van der Waals surface area contributed by atoms with Crippen molar-refractivity contribution in [1.29, 1.82) is 0 Å². The maximum Gasteiger partial charge on any atom is 0.208 e. The second-order valence-corrected chi connectivity index (χ2v) is 5.40. The van der Waals surface area contributed by atoms with Gasteiger partial charge < -0.3 is 4.90 Å². The lowest BCUT2D eigenvalue weighted by Crippen LogP contribution is -2.45. The lowest BCUT2D eigenvalue weighted by atomic mass is 9.96. The van der Waals surface area contributed by atoms with Gasteiger partial charge in [-0.05, 0) is 38.0 Å². The zero-order chi connectivity index (χ0) is 12.1. The fourth-order valence-corrected chi connectivity index (χ4v) is 2.66. The van der Waals surface area contributed by atoms with Gasteiger partial charge in [-0.2, -0.15) is 0 Å². The summed E-state index contributed by atoms with van der Waals surface area (Å²) in [6.07, 6.45) is 9.08. The molecule has 1 saturated carbocycles. The first kappa shape index (κ1) is 12.7. The summed E-state index contributed by atoms with van der Waals surface area (Å²) in [7, 11) is 0. The molecule has 0 aromatic heterocycles. The van der Waals surface area contributed by atoms with E-state index in [2.05, 4.69) is 22.2 Å². The van der Waals surface area contributed by atoms with Gasteiger partial charge in [0.05, 0.1) is 6.04 Å². The van der Waals surface area contributed by atoms with Crippen LogP contribution >= 0.6 is 0 Å². The quantitative estimate of drug-likeness (QED) is 0.341. The van der Waals surface area contributed by atoms with Crippen molar-refractivity contribution < 1.29 is 0 Å². The third-order valence-corrected chi connectivity index (χ3v) is 3.82. The van der Waals surface area contributed by atoms with E-state index in [9.17, 15) is 0 Å². The molecule has 1 aliphatic carbocycles. The first-order chi connectivity index (χ1) is 8.33. The van der Waals surface area contributed by atoms with Gasteiger partial charge in [-0.25, -0.2) is 10.8 Å². The van der Waals surface area contributed by atoms with E-state index in [-0.39, 0.29) is 0 Å². The Morgan fingerprint density at radius 3 is 2.76 bits per heavy atom. The van der Waals surface area contributed by atoms with Crippen LogP contribution in [0.2, 0.25) is 0 Å². The van der Waals surface area contributed by atoms with Crippen molar-refractivity contribution in [2.45, 2.75) is 57.9 Å². The molecule has 17 heavy (non-hydrogen) atoms. The molecule has 4 nitrogen and oxygen atoms in total. The topological polar surface area (TPSA) is 53.6 Å². The molecule has 1 atom stereocenters. The second-order valence-electron chi connectivity index (χ2n) is 5.40. The standard InChI is InChI=1S/C13H26N4/c1-2-4-11-5-3-9-17(10-8-11)13(16-14)15-12-6-7-12/h11-12H,2-10,14H2,1H3,(H,15,16). The van der Waals surface area contributed by atoms with E-state index >= 15 is 0 Å². The summed E-state index contributed by atoms with van der Waals surface area (Å²) in [6.45, 7) is 4.50. The molecule has 3 N–H and O–H groups in total. The number of hydrazine groups is 1. The molecule has 2 fully saturated rings. The Morgan fingerprint density at radius 1 is 1.29 bits per heavy atom. The molecule has 0 aromatic carbocycles. The van der Waals surface area contributed by atoms with Crippen LogP contribution in [0.15, 0.2) is 4.99 Å². The Morgan fingerprint density at radius 2 is 2.12 bits per heavy atom. The van der Waals surface area contributed by atoms with Crippen molar-refractivity contribution in [3.63, 3.8) is 0 Å². The number of nitrogens with two attached hydrogens (primary N) is 1. The average molecular weight is 238 g/mol. The number of likely N-dealkylation sites (tertiary alicyclic amines) is 1. The van der Waals surface area contributed by atoms with Crippen molar-refractivity contribution in [3.05, 3.63) is 0 Å². The van der Waals surface area contributed by atoms with Crippen molar-refractivity contribution in [1.82, 2.24) is 10.3 Å². The molecule has 0 bridgehead atoms. The van der Waals surface area contributed by atoms with Crippen LogP contribution in [-0.2, 0) is 0 Å². The average Bonchev–Trinajstić information content (AvgIpc) is 3.14. The number of nitrogens with one attached hydrogen (secondary N) is 1. The summed E-state index contributed by atoms with van der Waals surface area (Å²) < 4.78 is 0. The predicted octanol–water partition coefficient (Wildman–Crippen LogP) is 1.87.